The zero-order valence-corrected chi connectivity index (χ0v) is 9.20. The quantitative estimate of drug-likeness (QED) is 0.793. The number of benzene rings is 1. The number of aryl methyl sites for hydroxylation is 2. The molecule has 0 radical (unpaired) electrons. The lowest BCUT2D eigenvalue weighted by molar-refractivity contribution is 0.910. The summed E-state index contributed by atoms with van der Waals surface area (Å²) in [6, 6.07) is 10.5. The Hall–Kier alpha value is -1.54. The predicted octanol–water partition coefficient (Wildman–Crippen LogP) is 2.55. The van der Waals surface area contributed by atoms with Gasteiger partial charge in [0.1, 0.15) is 0 Å². The van der Waals surface area contributed by atoms with Gasteiger partial charge in [-0.05, 0) is 49.2 Å². The molecule has 0 fully saturated rings. The number of nitrogens with two attached hydrogens (primary N) is 1. The molecule has 0 bridgehead atoms. The molecule has 2 N–H and O–H groups in total. The minimum atomic E-state index is 0.569. The van der Waals surface area contributed by atoms with E-state index in [1.54, 1.807) is 0 Å². The van der Waals surface area contributed by atoms with Crippen LogP contribution in [0.4, 0.5) is 0 Å². The second-order valence-corrected chi connectivity index (χ2v) is 3.84. The van der Waals surface area contributed by atoms with Gasteiger partial charge in [-0.3, -0.25) is 0 Å². The first kappa shape index (κ1) is 9.99. The molecular formula is C13H16N2. The van der Waals surface area contributed by atoms with Crippen molar-refractivity contribution in [3.05, 3.63) is 53.3 Å². The first-order valence-electron chi connectivity index (χ1n) is 5.16. The highest BCUT2D eigenvalue weighted by atomic mass is 15.0. The lowest BCUT2D eigenvalue weighted by atomic mass is 10.1. The molecule has 78 valence electrons. The van der Waals surface area contributed by atoms with E-state index in [1.807, 2.05) is 12.3 Å². The number of aromatic nitrogens is 1. The highest BCUT2D eigenvalue weighted by Gasteiger charge is 2.02. The Morgan fingerprint density at radius 2 is 1.93 bits per heavy atom. The van der Waals surface area contributed by atoms with Crippen LogP contribution >= 0.6 is 0 Å². The average molecular weight is 200 g/mol. The summed E-state index contributed by atoms with van der Waals surface area (Å²) < 4.78 is 2.13. The van der Waals surface area contributed by atoms with Gasteiger partial charge < -0.3 is 10.3 Å². The van der Waals surface area contributed by atoms with Crippen LogP contribution in [0, 0.1) is 13.8 Å². The topological polar surface area (TPSA) is 30.9 Å². The fraction of sp³-hybridized carbons (Fsp3) is 0.231. The molecule has 0 atom stereocenters. The first-order chi connectivity index (χ1) is 7.22. The van der Waals surface area contributed by atoms with Gasteiger partial charge in [0.25, 0.3) is 0 Å². The van der Waals surface area contributed by atoms with Crippen LogP contribution in [0.15, 0.2) is 36.5 Å². The highest BCUT2D eigenvalue weighted by Crippen LogP contribution is 2.16. The van der Waals surface area contributed by atoms with E-state index in [-0.39, 0.29) is 0 Å². The molecule has 0 amide bonds. The van der Waals surface area contributed by atoms with E-state index >= 15 is 0 Å². The Balaban J connectivity index is 2.50. The molecule has 2 heteroatoms. The van der Waals surface area contributed by atoms with Gasteiger partial charge in [-0.1, -0.05) is 6.07 Å². The van der Waals surface area contributed by atoms with Gasteiger partial charge in [-0.25, -0.2) is 0 Å². The van der Waals surface area contributed by atoms with Crippen LogP contribution in [0.5, 0.6) is 0 Å². The Morgan fingerprint density at radius 3 is 2.60 bits per heavy atom. The minimum Gasteiger partial charge on any atom is -0.325 e. The zero-order chi connectivity index (χ0) is 10.8. The Labute approximate surface area is 90.3 Å². The smallest absolute Gasteiger partial charge is 0.0455 e. The van der Waals surface area contributed by atoms with Crippen LogP contribution in [-0.4, -0.2) is 4.57 Å². The van der Waals surface area contributed by atoms with E-state index in [0.717, 1.165) is 5.69 Å². The maximum absolute atomic E-state index is 5.68. The van der Waals surface area contributed by atoms with Crippen molar-refractivity contribution < 1.29 is 0 Å². The van der Waals surface area contributed by atoms with E-state index in [9.17, 15) is 0 Å². The van der Waals surface area contributed by atoms with Crippen molar-refractivity contribution in [1.82, 2.24) is 4.57 Å². The molecule has 2 aromatic rings. The fourth-order valence-electron chi connectivity index (χ4n) is 1.71. The molecule has 0 aliphatic heterocycles. The van der Waals surface area contributed by atoms with Gasteiger partial charge in [0.05, 0.1) is 0 Å². The van der Waals surface area contributed by atoms with Crippen LogP contribution in [-0.2, 0) is 6.54 Å². The first-order valence-corrected chi connectivity index (χ1v) is 5.16. The maximum Gasteiger partial charge on any atom is 0.0455 e. The van der Waals surface area contributed by atoms with Crippen molar-refractivity contribution in [2.24, 2.45) is 5.73 Å². The van der Waals surface area contributed by atoms with Crippen LogP contribution < -0.4 is 5.73 Å². The van der Waals surface area contributed by atoms with Crippen LogP contribution in [0.1, 0.15) is 16.8 Å². The SMILES string of the molecule is Cc1ccc(-n2cccc2CN)cc1C. The Morgan fingerprint density at radius 1 is 1.13 bits per heavy atom. The third-order valence-electron chi connectivity index (χ3n) is 2.81. The van der Waals surface area contributed by atoms with Crippen LogP contribution in [0.3, 0.4) is 0 Å². The van der Waals surface area contributed by atoms with Gasteiger partial charge in [0.15, 0.2) is 0 Å². The molecule has 0 saturated heterocycles. The van der Waals surface area contributed by atoms with Gasteiger partial charge in [0, 0.05) is 24.1 Å². The summed E-state index contributed by atoms with van der Waals surface area (Å²) in [6.45, 7) is 4.82. The van der Waals surface area contributed by atoms with E-state index < -0.39 is 0 Å². The lowest BCUT2D eigenvalue weighted by Gasteiger charge is -2.09. The summed E-state index contributed by atoms with van der Waals surface area (Å²) in [4.78, 5) is 0. The third-order valence-corrected chi connectivity index (χ3v) is 2.81. The zero-order valence-electron chi connectivity index (χ0n) is 9.20. The molecule has 0 spiro atoms. The van der Waals surface area contributed by atoms with E-state index in [0.29, 0.717) is 6.54 Å². The second kappa shape index (κ2) is 3.91. The van der Waals surface area contributed by atoms with E-state index in [4.69, 9.17) is 5.73 Å². The maximum atomic E-state index is 5.68. The fourth-order valence-corrected chi connectivity index (χ4v) is 1.71. The van der Waals surface area contributed by atoms with Crippen LogP contribution in [0.2, 0.25) is 0 Å². The molecule has 1 heterocycles. The molecule has 0 saturated carbocycles. The van der Waals surface area contributed by atoms with Gasteiger partial charge >= 0.3 is 0 Å². The van der Waals surface area contributed by atoms with Crippen molar-refractivity contribution in [3.8, 4) is 5.69 Å². The molecule has 1 aromatic carbocycles. The lowest BCUT2D eigenvalue weighted by Crippen LogP contribution is -2.04. The van der Waals surface area contributed by atoms with Crippen molar-refractivity contribution in [1.29, 1.82) is 0 Å². The summed E-state index contributed by atoms with van der Waals surface area (Å²) in [6.07, 6.45) is 2.05. The Bertz CT molecular complexity index is 469. The molecule has 2 nitrogen and oxygen atoms in total. The molecule has 0 aliphatic carbocycles. The van der Waals surface area contributed by atoms with Crippen molar-refractivity contribution >= 4 is 0 Å². The van der Waals surface area contributed by atoms with Gasteiger partial charge in [-0.15, -0.1) is 0 Å². The van der Waals surface area contributed by atoms with Gasteiger partial charge in [-0.2, -0.15) is 0 Å². The minimum absolute atomic E-state index is 0.569. The predicted molar refractivity (Wildman–Crippen MR) is 63.1 cm³/mol. The van der Waals surface area contributed by atoms with Crippen molar-refractivity contribution in [2.45, 2.75) is 20.4 Å². The highest BCUT2D eigenvalue weighted by molar-refractivity contribution is 5.41. The summed E-state index contributed by atoms with van der Waals surface area (Å²) >= 11 is 0. The largest absolute Gasteiger partial charge is 0.325 e. The molecule has 0 unspecified atom stereocenters. The van der Waals surface area contributed by atoms with Crippen molar-refractivity contribution in [3.63, 3.8) is 0 Å². The average Bonchev–Trinajstić information content (AvgIpc) is 2.70. The summed E-state index contributed by atoms with van der Waals surface area (Å²) in [5, 5.41) is 0. The summed E-state index contributed by atoms with van der Waals surface area (Å²) in [5.74, 6) is 0. The van der Waals surface area contributed by atoms with Crippen molar-refractivity contribution in [2.75, 3.05) is 0 Å². The normalized spacial score (nSPS) is 10.6. The monoisotopic (exact) mass is 200 g/mol. The Kier molecular flexibility index (Phi) is 2.60. The number of rotatable bonds is 2. The second-order valence-electron chi connectivity index (χ2n) is 3.84. The van der Waals surface area contributed by atoms with E-state index in [2.05, 4.69) is 42.7 Å². The number of nitrogens with zero attached hydrogens (tertiary/aromatic N) is 1. The molecule has 2 rings (SSSR count). The standard InChI is InChI=1S/C13H16N2/c1-10-5-6-12(8-11(10)2)15-7-3-4-13(15)9-14/h3-8H,9,14H2,1-2H3. The molecule has 0 aliphatic rings. The summed E-state index contributed by atoms with van der Waals surface area (Å²) in [7, 11) is 0. The number of hydrogen-bond acceptors (Lipinski definition) is 1. The number of hydrogen-bond donors (Lipinski definition) is 1. The van der Waals surface area contributed by atoms with Gasteiger partial charge in [0.2, 0.25) is 0 Å². The van der Waals surface area contributed by atoms with E-state index in [1.165, 1.54) is 16.8 Å². The molecular weight excluding hydrogens is 184 g/mol. The molecule has 15 heavy (non-hydrogen) atoms. The summed E-state index contributed by atoms with van der Waals surface area (Å²) in [5.41, 5.74) is 10.6. The van der Waals surface area contributed by atoms with Crippen LogP contribution in [0.25, 0.3) is 5.69 Å². The third kappa shape index (κ3) is 1.81. The molecule has 1 aromatic heterocycles.